The van der Waals surface area contributed by atoms with E-state index in [0.29, 0.717) is 13.2 Å². The molecule has 4 nitrogen and oxygen atoms in total. The second-order valence-corrected chi connectivity index (χ2v) is 2.78. The van der Waals surface area contributed by atoms with Crippen molar-refractivity contribution >= 4 is 5.97 Å². The van der Waals surface area contributed by atoms with Gasteiger partial charge in [-0.2, -0.15) is 5.26 Å². The molecule has 0 aliphatic carbocycles. The highest BCUT2D eigenvalue weighted by Crippen LogP contribution is 2.18. The third kappa shape index (κ3) is 2.21. The fourth-order valence-corrected chi connectivity index (χ4v) is 1.20. The van der Waals surface area contributed by atoms with Gasteiger partial charge in [0, 0.05) is 19.4 Å². The van der Waals surface area contributed by atoms with Crippen LogP contribution in [0.3, 0.4) is 0 Å². The summed E-state index contributed by atoms with van der Waals surface area (Å²) in [6, 6.07) is 1.95. The lowest BCUT2D eigenvalue weighted by atomic mass is 10.0. The maximum absolute atomic E-state index is 10.6. The SMILES string of the molecule is CC(=O)OC(C#N)C1CCOC1. The molecule has 66 valence electrons. The van der Waals surface area contributed by atoms with E-state index in [4.69, 9.17) is 14.7 Å². The second kappa shape index (κ2) is 4.07. The Balaban J connectivity index is 2.44. The fraction of sp³-hybridized carbons (Fsp3) is 0.750. The molecular weight excluding hydrogens is 158 g/mol. The van der Waals surface area contributed by atoms with Crippen LogP contribution in [0.1, 0.15) is 13.3 Å². The molecule has 4 heteroatoms. The van der Waals surface area contributed by atoms with Crippen molar-refractivity contribution in [2.75, 3.05) is 13.2 Å². The maximum atomic E-state index is 10.6. The van der Waals surface area contributed by atoms with Crippen molar-refractivity contribution in [3.63, 3.8) is 0 Å². The van der Waals surface area contributed by atoms with Crippen molar-refractivity contribution in [1.82, 2.24) is 0 Å². The van der Waals surface area contributed by atoms with Crippen LogP contribution in [0.2, 0.25) is 0 Å². The number of esters is 1. The van der Waals surface area contributed by atoms with Crippen molar-refractivity contribution in [3.8, 4) is 6.07 Å². The third-order valence-corrected chi connectivity index (χ3v) is 1.81. The molecule has 2 unspecified atom stereocenters. The quantitative estimate of drug-likeness (QED) is 0.564. The Bertz CT molecular complexity index is 203. The molecule has 0 saturated carbocycles. The number of rotatable bonds is 2. The van der Waals surface area contributed by atoms with E-state index in [1.165, 1.54) is 6.92 Å². The van der Waals surface area contributed by atoms with E-state index in [1.807, 2.05) is 6.07 Å². The summed E-state index contributed by atoms with van der Waals surface area (Å²) in [5, 5.41) is 8.65. The summed E-state index contributed by atoms with van der Waals surface area (Å²) in [5.74, 6) is -0.354. The highest BCUT2D eigenvalue weighted by molar-refractivity contribution is 5.66. The van der Waals surface area contributed by atoms with Crippen LogP contribution < -0.4 is 0 Å². The predicted molar refractivity (Wildman–Crippen MR) is 40.1 cm³/mol. The smallest absolute Gasteiger partial charge is 0.303 e. The highest BCUT2D eigenvalue weighted by Gasteiger charge is 2.27. The van der Waals surface area contributed by atoms with Crippen molar-refractivity contribution in [2.45, 2.75) is 19.4 Å². The Morgan fingerprint density at radius 2 is 2.58 bits per heavy atom. The van der Waals surface area contributed by atoms with E-state index in [2.05, 4.69) is 0 Å². The average molecular weight is 169 g/mol. The van der Waals surface area contributed by atoms with Crippen molar-refractivity contribution < 1.29 is 14.3 Å². The molecular formula is C8H11NO3. The van der Waals surface area contributed by atoms with Crippen LogP contribution in [-0.4, -0.2) is 25.3 Å². The molecule has 1 rings (SSSR count). The maximum Gasteiger partial charge on any atom is 0.303 e. The van der Waals surface area contributed by atoms with E-state index < -0.39 is 12.1 Å². The average Bonchev–Trinajstić information content (AvgIpc) is 2.51. The Morgan fingerprint density at radius 1 is 1.83 bits per heavy atom. The highest BCUT2D eigenvalue weighted by atomic mass is 16.5. The standard InChI is InChI=1S/C8H11NO3/c1-6(10)12-8(4-9)7-2-3-11-5-7/h7-8H,2-3,5H2,1H3. The zero-order valence-electron chi connectivity index (χ0n) is 6.95. The molecule has 0 amide bonds. The molecule has 0 aromatic rings. The number of carbonyl (C=O) groups excluding carboxylic acids is 1. The first kappa shape index (κ1) is 9.01. The molecule has 0 spiro atoms. The Hall–Kier alpha value is -1.08. The summed E-state index contributed by atoms with van der Waals surface area (Å²) in [6.45, 7) is 2.48. The Kier molecular flexibility index (Phi) is 3.06. The monoisotopic (exact) mass is 169 g/mol. The normalized spacial score (nSPS) is 24.5. The molecule has 1 aliphatic rings. The van der Waals surface area contributed by atoms with Gasteiger partial charge in [-0.15, -0.1) is 0 Å². The zero-order valence-corrected chi connectivity index (χ0v) is 6.95. The van der Waals surface area contributed by atoms with Gasteiger partial charge in [0.2, 0.25) is 0 Å². The van der Waals surface area contributed by atoms with Gasteiger partial charge in [-0.1, -0.05) is 0 Å². The fourth-order valence-electron chi connectivity index (χ4n) is 1.20. The number of hydrogen-bond donors (Lipinski definition) is 0. The van der Waals surface area contributed by atoms with E-state index in [0.717, 1.165) is 6.42 Å². The van der Waals surface area contributed by atoms with Crippen molar-refractivity contribution in [3.05, 3.63) is 0 Å². The minimum absolute atomic E-state index is 0.0545. The molecule has 2 atom stereocenters. The second-order valence-electron chi connectivity index (χ2n) is 2.78. The molecule has 0 N–H and O–H groups in total. The summed E-state index contributed by atoms with van der Waals surface area (Å²) in [6.07, 6.45) is 0.163. The summed E-state index contributed by atoms with van der Waals surface area (Å²) in [7, 11) is 0. The van der Waals surface area contributed by atoms with Crippen molar-refractivity contribution in [2.24, 2.45) is 5.92 Å². The van der Waals surface area contributed by atoms with Gasteiger partial charge >= 0.3 is 5.97 Å². The van der Waals surface area contributed by atoms with E-state index in [-0.39, 0.29) is 5.92 Å². The van der Waals surface area contributed by atoms with Gasteiger partial charge in [-0.3, -0.25) is 4.79 Å². The molecule has 0 aromatic heterocycles. The Labute approximate surface area is 71.1 Å². The van der Waals surface area contributed by atoms with Crippen LogP contribution in [0.5, 0.6) is 0 Å². The first-order valence-corrected chi connectivity index (χ1v) is 3.88. The van der Waals surface area contributed by atoms with E-state index >= 15 is 0 Å². The molecule has 1 aliphatic heterocycles. The summed E-state index contributed by atoms with van der Waals surface area (Å²) in [4.78, 5) is 10.6. The number of nitriles is 1. The summed E-state index contributed by atoms with van der Waals surface area (Å²) in [5.41, 5.74) is 0. The molecule has 1 heterocycles. The van der Waals surface area contributed by atoms with Crippen LogP contribution in [-0.2, 0) is 14.3 Å². The topological polar surface area (TPSA) is 59.3 Å². The van der Waals surface area contributed by atoms with Crippen LogP contribution in [0.25, 0.3) is 0 Å². The predicted octanol–water partition coefficient (Wildman–Crippen LogP) is 0.478. The summed E-state index contributed by atoms with van der Waals surface area (Å²) < 4.78 is 9.88. The van der Waals surface area contributed by atoms with Gasteiger partial charge in [0.25, 0.3) is 0 Å². The zero-order chi connectivity index (χ0) is 8.97. The lowest BCUT2D eigenvalue weighted by Crippen LogP contribution is -2.24. The number of hydrogen-bond acceptors (Lipinski definition) is 4. The number of carbonyl (C=O) groups is 1. The van der Waals surface area contributed by atoms with Crippen LogP contribution >= 0.6 is 0 Å². The lowest BCUT2D eigenvalue weighted by molar-refractivity contribution is -0.145. The molecule has 1 fully saturated rings. The molecule has 12 heavy (non-hydrogen) atoms. The van der Waals surface area contributed by atoms with E-state index in [9.17, 15) is 4.79 Å². The van der Waals surface area contributed by atoms with Gasteiger partial charge in [0.1, 0.15) is 6.07 Å². The number of ether oxygens (including phenoxy) is 2. The van der Waals surface area contributed by atoms with E-state index in [1.54, 1.807) is 0 Å². The van der Waals surface area contributed by atoms with Gasteiger partial charge in [-0.05, 0) is 6.42 Å². The van der Waals surface area contributed by atoms with Crippen LogP contribution in [0.15, 0.2) is 0 Å². The largest absolute Gasteiger partial charge is 0.447 e. The van der Waals surface area contributed by atoms with Gasteiger partial charge in [0.05, 0.1) is 6.61 Å². The van der Waals surface area contributed by atoms with Crippen LogP contribution in [0.4, 0.5) is 0 Å². The first-order valence-electron chi connectivity index (χ1n) is 3.88. The molecule has 0 aromatic carbocycles. The lowest BCUT2D eigenvalue weighted by Gasteiger charge is -2.13. The summed E-state index contributed by atoms with van der Waals surface area (Å²) >= 11 is 0. The Morgan fingerprint density at radius 3 is 3.00 bits per heavy atom. The van der Waals surface area contributed by atoms with Gasteiger partial charge in [0.15, 0.2) is 6.10 Å². The third-order valence-electron chi connectivity index (χ3n) is 1.81. The molecule has 0 radical (unpaired) electrons. The van der Waals surface area contributed by atoms with Gasteiger partial charge < -0.3 is 9.47 Å². The van der Waals surface area contributed by atoms with Crippen molar-refractivity contribution in [1.29, 1.82) is 5.26 Å². The van der Waals surface area contributed by atoms with Gasteiger partial charge in [-0.25, -0.2) is 0 Å². The number of nitrogens with zero attached hydrogens (tertiary/aromatic N) is 1. The van der Waals surface area contributed by atoms with Crippen LogP contribution in [0, 0.1) is 17.2 Å². The first-order chi connectivity index (χ1) is 5.74. The molecule has 0 bridgehead atoms. The minimum Gasteiger partial charge on any atom is -0.447 e. The minimum atomic E-state index is -0.634. The molecule has 1 saturated heterocycles.